The van der Waals surface area contributed by atoms with Crippen molar-refractivity contribution in [1.29, 1.82) is 0 Å². The Labute approximate surface area is 144 Å². The molecule has 0 radical (unpaired) electrons. The number of nitrogens with one attached hydrogen (secondary N) is 2. The second kappa shape index (κ2) is 9.25. The van der Waals surface area contributed by atoms with Gasteiger partial charge in [0.25, 0.3) is 0 Å². The lowest BCUT2D eigenvalue weighted by Gasteiger charge is -2.12. The molecule has 118 valence electrons. The van der Waals surface area contributed by atoms with Crippen molar-refractivity contribution < 1.29 is 4.74 Å². The lowest BCUT2D eigenvalue weighted by atomic mass is 10.1. The minimum absolute atomic E-state index is 0. The van der Waals surface area contributed by atoms with Gasteiger partial charge in [0.2, 0.25) is 0 Å². The van der Waals surface area contributed by atoms with Gasteiger partial charge in [0.05, 0.1) is 13.2 Å². The van der Waals surface area contributed by atoms with E-state index in [9.17, 15) is 0 Å². The average molecular weight is 403 g/mol. The summed E-state index contributed by atoms with van der Waals surface area (Å²) in [6.45, 7) is 6.54. The summed E-state index contributed by atoms with van der Waals surface area (Å²) in [5.74, 6) is 1.67. The molecular weight excluding hydrogens is 377 g/mol. The molecule has 1 aromatic carbocycles. The predicted octanol–water partition coefficient (Wildman–Crippen LogP) is 2.91. The minimum atomic E-state index is 0. The van der Waals surface area contributed by atoms with Gasteiger partial charge in [-0.25, -0.2) is 4.99 Å². The fourth-order valence-corrected chi connectivity index (χ4v) is 2.19. The smallest absolute Gasteiger partial charge is 0.191 e. The first kappa shape index (κ1) is 18.2. The first-order valence-corrected chi connectivity index (χ1v) is 7.35. The Morgan fingerprint density at radius 3 is 2.57 bits per heavy atom. The molecule has 0 amide bonds. The van der Waals surface area contributed by atoms with E-state index in [1.54, 1.807) is 7.11 Å². The van der Waals surface area contributed by atoms with Crippen molar-refractivity contribution in [1.82, 2.24) is 10.6 Å². The predicted molar refractivity (Wildman–Crippen MR) is 98.1 cm³/mol. The topological polar surface area (TPSA) is 45.7 Å². The molecule has 2 unspecified atom stereocenters. The standard InChI is InChI=1S/C16H25N3O.HI/c1-4-17-16(19-15-9-12(15)2)18-10-13-7-5-6-8-14(13)11-20-3;/h5-8,12,15H,4,9-11H2,1-3H3,(H2,17,18,19);1H. The first-order valence-electron chi connectivity index (χ1n) is 7.35. The Morgan fingerprint density at radius 1 is 1.33 bits per heavy atom. The van der Waals surface area contributed by atoms with Gasteiger partial charge in [-0.3, -0.25) is 0 Å². The van der Waals surface area contributed by atoms with Gasteiger partial charge in [-0.2, -0.15) is 0 Å². The molecular formula is C16H26IN3O. The number of hydrogen-bond acceptors (Lipinski definition) is 2. The molecule has 2 N–H and O–H groups in total. The highest BCUT2D eigenvalue weighted by Gasteiger charge is 2.33. The van der Waals surface area contributed by atoms with E-state index in [0.717, 1.165) is 18.4 Å². The zero-order valence-corrected chi connectivity index (χ0v) is 15.4. The van der Waals surface area contributed by atoms with E-state index >= 15 is 0 Å². The molecule has 0 aliphatic heterocycles. The van der Waals surface area contributed by atoms with Crippen molar-refractivity contribution in [2.24, 2.45) is 10.9 Å². The molecule has 2 rings (SSSR count). The van der Waals surface area contributed by atoms with E-state index in [1.165, 1.54) is 17.5 Å². The molecule has 0 heterocycles. The molecule has 1 fully saturated rings. The van der Waals surface area contributed by atoms with E-state index in [1.807, 2.05) is 12.1 Å². The third kappa shape index (κ3) is 5.82. The van der Waals surface area contributed by atoms with Gasteiger partial charge in [-0.1, -0.05) is 31.2 Å². The molecule has 1 saturated carbocycles. The number of halogens is 1. The summed E-state index contributed by atoms with van der Waals surface area (Å²) < 4.78 is 5.23. The summed E-state index contributed by atoms with van der Waals surface area (Å²) >= 11 is 0. The highest BCUT2D eigenvalue weighted by Crippen LogP contribution is 2.28. The summed E-state index contributed by atoms with van der Waals surface area (Å²) in [6, 6.07) is 8.88. The number of nitrogens with zero attached hydrogens (tertiary/aromatic N) is 1. The number of aliphatic imine (C=N–C) groups is 1. The summed E-state index contributed by atoms with van der Waals surface area (Å²) in [5.41, 5.74) is 2.42. The largest absolute Gasteiger partial charge is 0.380 e. The van der Waals surface area contributed by atoms with E-state index in [2.05, 4.69) is 41.6 Å². The summed E-state index contributed by atoms with van der Waals surface area (Å²) in [6.07, 6.45) is 1.24. The third-order valence-electron chi connectivity index (χ3n) is 3.60. The van der Waals surface area contributed by atoms with Crippen LogP contribution in [0, 0.1) is 5.92 Å². The highest BCUT2D eigenvalue weighted by molar-refractivity contribution is 14.0. The second-order valence-electron chi connectivity index (χ2n) is 5.36. The average Bonchev–Trinajstić information content (AvgIpc) is 3.13. The number of ether oxygens (including phenoxy) is 1. The zero-order chi connectivity index (χ0) is 14.4. The van der Waals surface area contributed by atoms with Gasteiger partial charge < -0.3 is 15.4 Å². The number of guanidine groups is 1. The van der Waals surface area contributed by atoms with Gasteiger partial charge in [0.15, 0.2) is 5.96 Å². The normalized spacial score (nSPS) is 20.6. The molecule has 4 nitrogen and oxygen atoms in total. The van der Waals surface area contributed by atoms with Crippen LogP contribution in [0.2, 0.25) is 0 Å². The summed E-state index contributed by atoms with van der Waals surface area (Å²) in [5, 5.41) is 6.77. The van der Waals surface area contributed by atoms with Crippen molar-refractivity contribution in [3.63, 3.8) is 0 Å². The lowest BCUT2D eigenvalue weighted by Crippen LogP contribution is -2.39. The van der Waals surface area contributed by atoms with E-state index < -0.39 is 0 Å². The maximum absolute atomic E-state index is 5.23. The zero-order valence-electron chi connectivity index (χ0n) is 13.1. The Kier molecular flexibility index (Phi) is 8.03. The van der Waals surface area contributed by atoms with Crippen LogP contribution in [0.4, 0.5) is 0 Å². The molecule has 1 aromatic rings. The van der Waals surface area contributed by atoms with Crippen LogP contribution in [-0.4, -0.2) is 25.7 Å². The molecule has 0 spiro atoms. The van der Waals surface area contributed by atoms with Gasteiger partial charge in [0, 0.05) is 19.7 Å². The SMILES string of the molecule is CCNC(=NCc1ccccc1COC)NC1CC1C.I. The number of benzene rings is 1. The van der Waals surface area contributed by atoms with Crippen molar-refractivity contribution in [2.75, 3.05) is 13.7 Å². The molecule has 1 aliphatic rings. The minimum Gasteiger partial charge on any atom is -0.380 e. The molecule has 21 heavy (non-hydrogen) atoms. The fraction of sp³-hybridized carbons (Fsp3) is 0.562. The van der Waals surface area contributed by atoms with Crippen LogP contribution < -0.4 is 10.6 Å². The third-order valence-corrected chi connectivity index (χ3v) is 3.60. The lowest BCUT2D eigenvalue weighted by molar-refractivity contribution is 0.184. The Morgan fingerprint density at radius 2 is 2.00 bits per heavy atom. The van der Waals surface area contributed by atoms with E-state index in [4.69, 9.17) is 4.74 Å². The van der Waals surface area contributed by atoms with E-state index in [-0.39, 0.29) is 24.0 Å². The van der Waals surface area contributed by atoms with Crippen molar-refractivity contribution in [3.8, 4) is 0 Å². The van der Waals surface area contributed by atoms with Gasteiger partial charge in [0.1, 0.15) is 0 Å². The number of rotatable bonds is 6. The molecule has 0 bridgehead atoms. The van der Waals surface area contributed by atoms with Gasteiger partial charge in [-0.05, 0) is 30.4 Å². The van der Waals surface area contributed by atoms with Crippen molar-refractivity contribution in [3.05, 3.63) is 35.4 Å². The van der Waals surface area contributed by atoms with Crippen molar-refractivity contribution >= 4 is 29.9 Å². The molecule has 5 heteroatoms. The van der Waals surface area contributed by atoms with Crippen LogP contribution in [0.5, 0.6) is 0 Å². The van der Waals surface area contributed by atoms with Crippen LogP contribution >= 0.6 is 24.0 Å². The molecule has 1 aliphatic carbocycles. The maximum atomic E-state index is 5.23. The van der Waals surface area contributed by atoms with Gasteiger partial charge in [-0.15, -0.1) is 24.0 Å². The van der Waals surface area contributed by atoms with E-state index in [0.29, 0.717) is 19.2 Å². The Balaban J connectivity index is 0.00000220. The highest BCUT2D eigenvalue weighted by atomic mass is 127. The van der Waals surface area contributed by atoms with Crippen LogP contribution in [0.25, 0.3) is 0 Å². The summed E-state index contributed by atoms with van der Waals surface area (Å²) in [4.78, 5) is 4.68. The van der Waals surface area contributed by atoms with Crippen LogP contribution in [-0.2, 0) is 17.9 Å². The Bertz CT molecular complexity index is 465. The molecule has 0 saturated heterocycles. The summed E-state index contributed by atoms with van der Waals surface area (Å²) in [7, 11) is 1.72. The molecule has 2 atom stereocenters. The van der Waals surface area contributed by atoms with Crippen molar-refractivity contribution in [2.45, 2.75) is 39.5 Å². The Hall–Kier alpha value is -0.820. The second-order valence-corrected chi connectivity index (χ2v) is 5.36. The number of methoxy groups -OCH3 is 1. The van der Waals surface area contributed by atoms with Crippen LogP contribution in [0.1, 0.15) is 31.4 Å². The fourth-order valence-electron chi connectivity index (χ4n) is 2.19. The van der Waals surface area contributed by atoms with Crippen LogP contribution in [0.15, 0.2) is 29.3 Å². The van der Waals surface area contributed by atoms with Gasteiger partial charge >= 0.3 is 0 Å². The van der Waals surface area contributed by atoms with Crippen LogP contribution in [0.3, 0.4) is 0 Å². The quantitative estimate of drug-likeness (QED) is 0.436. The number of hydrogen-bond donors (Lipinski definition) is 2. The maximum Gasteiger partial charge on any atom is 0.191 e. The first-order chi connectivity index (χ1) is 9.74. The monoisotopic (exact) mass is 403 g/mol. The molecule has 0 aromatic heterocycles.